The van der Waals surface area contributed by atoms with Crippen molar-refractivity contribution in [3.63, 3.8) is 0 Å². The average molecular weight is 375 g/mol. The van der Waals surface area contributed by atoms with Crippen molar-refractivity contribution >= 4 is 21.7 Å². The van der Waals surface area contributed by atoms with Crippen LogP contribution in [-0.4, -0.2) is 21.5 Å². The molecule has 26 heavy (non-hydrogen) atoms. The van der Waals surface area contributed by atoms with Gasteiger partial charge in [0.1, 0.15) is 0 Å². The zero-order valence-corrected chi connectivity index (χ0v) is 15.8. The highest BCUT2D eigenvalue weighted by Crippen LogP contribution is 2.18. The van der Waals surface area contributed by atoms with Crippen molar-refractivity contribution in [2.45, 2.75) is 43.4 Å². The van der Waals surface area contributed by atoms with Crippen LogP contribution in [0.1, 0.15) is 37.7 Å². The van der Waals surface area contributed by atoms with E-state index in [0.717, 1.165) is 37.7 Å². The molecule has 2 aromatic carbocycles. The first kappa shape index (κ1) is 20.0. The number of hydrogen-bond acceptors (Lipinski definition) is 4. The largest absolute Gasteiger partial charge is 0.469 e. The number of benzene rings is 2. The molecule has 2 rings (SSSR count). The molecule has 0 spiro atoms. The molecule has 6 heteroatoms. The van der Waals surface area contributed by atoms with E-state index >= 15 is 0 Å². The standard InChI is InChI=1S/C20H25NO4S/c1-25-20(22)15-8-3-2-5-10-17-11-9-14-19(16-17)26(23,24)21-18-12-6-4-7-13-18/h4,6-7,9,11-14,16,21H,2-3,5,8,10,15H2,1H3. The number of nitrogens with one attached hydrogen (secondary N) is 1. The third-order valence-corrected chi connectivity index (χ3v) is 5.44. The van der Waals surface area contributed by atoms with Gasteiger partial charge in [0, 0.05) is 12.1 Å². The first-order valence-corrected chi connectivity index (χ1v) is 10.2. The lowest BCUT2D eigenvalue weighted by Gasteiger charge is -2.09. The number of sulfonamides is 1. The highest BCUT2D eigenvalue weighted by molar-refractivity contribution is 7.92. The topological polar surface area (TPSA) is 72.5 Å². The van der Waals surface area contributed by atoms with Gasteiger partial charge < -0.3 is 4.74 Å². The SMILES string of the molecule is COC(=O)CCCCCCc1cccc(S(=O)(=O)Nc2ccccc2)c1. The Kier molecular flexibility index (Phi) is 7.66. The molecule has 0 heterocycles. The molecule has 0 amide bonds. The molecule has 0 saturated heterocycles. The van der Waals surface area contributed by atoms with Crippen LogP contribution in [-0.2, 0) is 26.0 Å². The maximum Gasteiger partial charge on any atom is 0.305 e. The van der Waals surface area contributed by atoms with Crippen LogP contribution in [0.4, 0.5) is 5.69 Å². The van der Waals surface area contributed by atoms with Gasteiger partial charge >= 0.3 is 5.97 Å². The molecular formula is C20H25NO4S. The van der Waals surface area contributed by atoms with Crippen molar-refractivity contribution in [1.82, 2.24) is 0 Å². The van der Waals surface area contributed by atoms with Gasteiger partial charge in [-0.2, -0.15) is 0 Å². The normalized spacial score (nSPS) is 11.1. The second kappa shape index (κ2) is 9.97. The highest BCUT2D eigenvalue weighted by Gasteiger charge is 2.14. The molecule has 0 aliphatic rings. The minimum atomic E-state index is -3.59. The quantitative estimate of drug-likeness (QED) is 0.500. The van der Waals surface area contributed by atoms with Crippen LogP contribution in [0.3, 0.4) is 0 Å². The number of carbonyl (C=O) groups is 1. The predicted molar refractivity (Wildman–Crippen MR) is 102 cm³/mol. The lowest BCUT2D eigenvalue weighted by Crippen LogP contribution is -2.13. The van der Waals surface area contributed by atoms with E-state index in [1.54, 1.807) is 42.5 Å². The molecule has 0 aliphatic carbocycles. The molecule has 1 N–H and O–H groups in total. The van der Waals surface area contributed by atoms with Gasteiger partial charge in [-0.15, -0.1) is 0 Å². The number of unbranched alkanes of at least 4 members (excludes halogenated alkanes) is 3. The summed E-state index contributed by atoms with van der Waals surface area (Å²) >= 11 is 0. The van der Waals surface area contributed by atoms with Crippen LogP contribution >= 0.6 is 0 Å². The van der Waals surface area contributed by atoms with Crippen molar-refractivity contribution in [2.24, 2.45) is 0 Å². The lowest BCUT2D eigenvalue weighted by atomic mass is 10.1. The van der Waals surface area contributed by atoms with E-state index in [1.165, 1.54) is 7.11 Å². The molecular weight excluding hydrogens is 350 g/mol. The fraction of sp³-hybridized carbons (Fsp3) is 0.350. The van der Waals surface area contributed by atoms with Crippen molar-refractivity contribution in [3.05, 3.63) is 60.2 Å². The smallest absolute Gasteiger partial charge is 0.305 e. The van der Waals surface area contributed by atoms with Gasteiger partial charge in [0.25, 0.3) is 10.0 Å². The maximum atomic E-state index is 12.5. The number of ether oxygens (including phenoxy) is 1. The molecule has 0 aromatic heterocycles. The Bertz CT molecular complexity index is 804. The van der Waals surface area contributed by atoms with Gasteiger partial charge in [0.15, 0.2) is 0 Å². The Morgan fingerprint density at radius 2 is 1.69 bits per heavy atom. The fourth-order valence-corrected chi connectivity index (χ4v) is 3.77. The molecule has 140 valence electrons. The van der Waals surface area contributed by atoms with Gasteiger partial charge in [0.05, 0.1) is 12.0 Å². The van der Waals surface area contributed by atoms with Gasteiger partial charge in [-0.3, -0.25) is 9.52 Å². The third kappa shape index (κ3) is 6.52. The summed E-state index contributed by atoms with van der Waals surface area (Å²) in [4.78, 5) is 11.3. The number of esters is 1. The predicted octanol–water partition coefficient (Wildman–Crippen LogP) is 4.15. The van der Waals surface area contributed by atoms with Crippen molar-refractivity contribution in [2.75, 3.05) is 11.8 Å². The van der Waals surface area contributed by atoms with Crippen LogP contribution in [0.15, 0.2) is 59.5 Å². The van der Waals surface area contributed by atoms with Gasteiger partial charge in [-0.25, -0.2) is 8.42 Å². The second-order valence-electron chi connectivity index (χ2n) is 6.11. The summed E-state index contributed by atoms with van der Waals surface area (Å²) in [5.41, 5.74) is 1.54. The van der Waals surface area contributed by atoms with E-state index in [2.05, 4.69) is 9.46 Å². The van der Waals surface area contributed by atoms with Crippen LogP contribution < -0.4 is 4.72 Å². The number of hydrogen-bond donors (Lipinski definition) is 1. The molecule has 0 aliphatic heterocycles. The van der Waals surface area contributed by atoms with Crippen molar-refractivity contribution in [3.8, 4) is 0 Å². The Morgan fingerprint density at radius 3 is 2.42 bits per heavy atom. The van der Waals surface area contributed by atoms with Crippen LogP contribution in [0.25, 0.3) is 0 Å². The Balaban J connectivity index is 1.86. The first-order valence-electron chi connectivity index (χ1n) is 8.75. The second-order valence-corrected chi connectivity index (χ2v) is 7.79. The third-order valence-electron chi connectivity index (χ3n) is 4.06. The summed E-state index contributed by atoms with van der Waals surface area (Å²) in [7, 11) is -2.19. The minimum absolute atomic E-state index is 0.172. The number of para-hydroxylation sites is 1. The number of methoxy groups -OCH3 is 1. The monoisotopic (exact) mass is 375 g/mol. The van der Waals surface area contributed by atoms with Crippen molar-refractivity contribution < 1.29 is 17.9 Å². The molecule has 0 fully saturated rings. The van der Waals surface area contributed by atoms with Gasteiger partial charge in [0.2, 0.25) is 0 Å². The van der Waals surface area contributed by atoms with E-state index < -0.39 is 10.0 Å². The van der Waals surface area contributed by atoms with E-state index in [9.17, 15) is 13.2 Å². The minimum Gasteiger partial charge on any atom is -0.469 e. The summed E-state index contributed by atoms with van der Waals surface area (Å²) in [6.07, 6.45) is 5.00. The zero-order chi connectivity index (χ0) is 18.8. The highest BCUT2D eigenvalue weighted by atomic mass is 32.2. The van der Waals surface area contributed by atoms with E-state index in [4.69, 9.17) is 0 Å². The Labute approximate surface area is 155 Å². The van der Waals surface area contributed by atoms with Gasteiger partial charge in [-0.1, -0.05) is 43.2 Å². The molecule has 0 saturated carbocycles. The number of aryl methyl sites for hydroxylation is 1. The molecule has 0 radical (unpaired) electrons. The number of rotatable bonds is 10. The lowest BCUT2D eigenvalue weighted by molar-refractivity contribution is -0.140. The Hall–Kier alpha value is -2.34. The van der Waals surface area contributed by atoms with E-state index in [1.807, 2.05) is 12.1 Å². The Morgan fingerprint density at radius 1 is 0.962 bits per heavy atom. The van der Waals surface area contributed by atoms with Crippen LogP contribution in [0.2, 0.25) is 0 Å². The number of carbonyl (C=O) groups excluding carboxylic acids is 1. The fourth-order valence-electron chi connectivity index (χ4n) is 2.64. The number of anilines is 1. The molecule has 5 nitrogen and oxygen atoms in total. The summed E-state index contributed by atoms with van der Waals surface area (Å²) in [6, 6.07) is 15.9. The summed E-state index contributed by atoms with van der Waals surface area (Å²) in [6.45, 7) is 0. The first-order chi connectivity index (χ1) is 12.5. The summed E-state index contributed by atoms with van der Waals surface area (Å²) in [5.74, 6) is -0.172. The maximum absolute atomic E-state index is 12.5. The summed E-state index contributed by atoms with van der Waals surface area (Å²) in [5, 5.41) is 0. The van der Waals surface area contributed by atoms with E-state index in [0.29, 0.717) is 12.1 Å². The molecule has 2 aromatic rings. The average Bonchev–Trinajstić information content (AvgIpc) is 2.65. The van der Waals surface area contributed by atoms with Gasteiger partial charge in [-0.05, 0) is 49.1 Å². The molecule has 0 atom stereocenters. The van der Waals surface area contributed by atoms with Crippen molar-refractivity contribution in [1.29, 1.82) is 0 Å². The zero-order valence-electron chi connectivity index (χ0n) is 15.0. The molecule has 0 bridgehead atoms. The van der Waals surface area contributed by atoms with E-state index in [-0.39, 0.29) is 10.9 Å². The van der Waals surface area contributed by atoms with Crippen LogP contribution in [0.5, 0.6) is 0 Å². The van der Waals surface area contributed by atoms with Crippen LogP contribution in [0, 0.1) is 0 Å². The summed E-state index contributed by atoms with van der Waals surface area (Å²) < 4.78 is 32.2. The molecule has 0 unspecified atom stereocenters.